The highest BCUT2D eigenvalue weighted by molar-refractivity contribution is 5.92. The van der Waals surface area contributed by atoms with Gasteiger partial charge in [-0.25, -0.2) is 18.2 Å². The molecule has 5 nitrogen and oxygen atoms in total. The molecule has 3 aromatic rings. The average Bonchev–Trinajstić information content (AvgIpc) is 2.98. The number of hydrogen-bond acceptors (Lipinski definition) is 4. The maximum atomic E-state index is 14.7. The van der Waals surface area contributed by atoms with Gasteiger partial charge in [0.15, 0.2) is 11.5 Å². The van der Waals surface area contributed by atoms with Gasteiger partial charge in [0, 0.05) is 43.0 Å². The number of alkyl halides is 3. The van der Waals surface area contributed by atoms with E-state index in [-0.39, 0.29) is 19.5 Å². The Hall–Kier alpha value is -2.74. The number of carbonyl (C=O) groups is 1. The first-order chi connectivity index (χ1) is 13.7. The van der Waals surface area contributed by atoms with E-state index in [2.05, 4.69) is 9.97 Å². The number of aromatic nitrogens is 3. The Bertz CT molecular complexity index is 1070. The van der Waals surface area contributed by atoms with Gasteiger partial charge in [-0.3, -0.25) is 14.7 Å². The number of ketones is 1. The van der Waals surface area contributed by atoms with Crippen molar-refractivity contribution in [3.8, 4) is 11.3 Å². The molecule has 1 fully saturated rings. The fourth-order valence-electron chi connectivity index (χ4n) is 3.70. The minimum absolute atomic E-state index is 0.163. The highest BCUT2D eigenvalue weighted by atomic mass is 19.3. The molecule has 29 heavy (non-hydrogen) atoms. The Kier molecular flexibility index (Phi) is 4.90. The van der Waals surface area contributed by atoms with Crippen molar-refractivity contribution in [2.75, 3.05) is 19.6 Å². The number of imidazole rings is 1. The molecule has 0 saturated carbocycles. The summed E-state index contributed by atoms with van der Waals surface area (Å²) in [5.74, 6) is 0.281. The number of carbonyl (C=O) groups excluding carboxylic acids is 1. The van der Waals surface area contributed by atoms with E-state index in [9.17, 15) is 18.0 Å². The van der Waals surface area contributed by atoms with Crippen LogP contribution in [0, 0.1) is 6.92 Å². The summed E-state index contributed by atoms with van der Waals surface area (Å²) in [5, 5.41) is 1.80. The molecule has 3 heterocycles. The molecular weight excluding hydrogens is 381 g/mol. The summed E-state index contributed by atoms with van der Waals surface area (Å²) in [7, 11) is 1.94. The zero-order chi connectivity index (χ0) is 20.8. The van der Waals surface area contributed by atoms with Crippen LogP contribution in [-0.4, -0.2) is 56.9 Å². The monoisotopic (exact) mass is 402 g/mol. The third-order valence-corrected chi connectivity index (χ3v) is 5.48. The number of Topliss-reactive ketones (excluding diaryl/α,β-unsaturated/α-hetero) is 1. The number of halogens is 3. The lowest BCUT2D eigenvalue weighted by Gasteiger charge is -2.43. The molecule has 0 unspecified atom stereocenters. The predicted molar refractivity (Wildman–Crippen MR) is 104 cm³/mol. The highest BCUT2D eigenvalue weighted by Crippen LogP contribution is 2.29. The molecule has 1 saturated heterocycles. The van der Waals surface area contributed by atoms with Gasteiger partial charge in [-0.15, -0.1) is 0 Å². The van der Waals surface area contributed by atoms with Gasteiger partial charge >= 0.3 is 0 Å². The summed E-state index contributed by atoms with van der Waals surface area (Å²) < 4.78 is 41.4. The van der Waals surface area contributed by atoms with Crippen LogP contribution in [0.5, 0.6) is 0 Å². The first-order valence-electron chi connectivity index (χ1n) is 9.35. The fourth-order valence-corrected chi connectivity index (χ4v) is 3.70. The molecule has 0 amide bonds. The Morgan fingerprint density at radius 3 is 2.59 bits per heavy atom. The third-order valence-electron chi connectivity index (χ3n) is 5.48. The second-order valence-corrected chi connectivity index (χ2v) is 7.61. The van der Waals surface area contributed by atoms with Gasteiger partial charge in [-0.1, -0.05) is 12.1 Å². The van der Waals surface area contributed by atoms with E-state index in [1.807, 2.05) is 36.7 Å². The number of fused-ring (bicyclic) bond motifs is 1. The Balaban J connectivity index is 1.53. The molecule has 0 N–H and O–H groups in total. The van der Waals surface area contributed by atoms with Crippen LogP contribution in [-0.2, 0) is 18.3 Å². The second-order valence-electron chi connectivity index (χ2n) is 7.61. The number of likely N-dealkylation sites (tertiary alicyclic amines) is 1. The highest BCUT2D eigenvalue weighted by Gasteiger charge is 2.49. The van der Waals surface area contributed by atoms with Gasteiger partial charge in [0.2, 0.25) is 0 Å². The summed E-state index contributed by atoms with van der Waals surface area (Å²) >= 11 is 0. The van der Waals surface area contributed by atoms with Crippen molar-refractivity contribution in [3.63, 3.8) is 0 Å². The Morgan fingerprint density at radius 1 is 1.17 bits per heavy atom. The first-order valence-corrected chi connectivity index (χ1v) is 9.35. The van der Waals surface area contributed by atoms with E-state index in [1.54, 1.807) is 18.5 Å². The van der Waals surface area contributed by atoms with Crippen molar-refractivity contribution in [2.24, 2.45) is 7.05 Å². The zero-order valence-electron chi connectivity index (χ0n) is 16.2. The van der Waals surface area contributed by atoms with Gasteiger partial charge in [0.1, 0.15) is 5.82 Å². The summed E-state index contributed by atoms with van der Waals surface area (Å²) in [6.45, 7) is 0.846. The SMILES string of the molecule is Cc1ncc(-c2ccc3cnc(CC(=O)C4(F)CN(CC(F)F)C4)cc3c2)n1C. The number of pyridine rings is 1. The van der Waals surface area contributed by atoms with Crippen molar-refractivity contribution in [3.05, 3.63) is 48.2 Å². The van der Waals surface area contributed by atoms with Gasteiger partial charge in [-0.2, -0.15) is 0 Å². The number of hydrogen-bond donors (Lipinski definition) is 0. The van der Waals surface area contributed by atoms with Crippen LogP contribution >= 0.6 is 0 Å². The van der Waals surface area contributed by atoms with Crippen molar-refractivity contribution in [1.82, 2.24) is 19.4 Å². The molecule has 0 spiro atoms. The van der Waals surface area contributed by atoms with Crippen LogP contribution in [0.25, 0.3) is 22.0 Å². The van der Waals surface area contributed by atoms with Gasteiger partial charge in [0.25, 0.3) is 6.43 Å². The maximum absolute atomic E-state index is 14.7. The lowest BCUT2D eigenvalue weighted by Crippen LogP contribution is -2.64. The van der Waals surface area contributed by atoms with Gasteiger partial charge < -0.3 is 4.57 Å². The van der Waals surface area contributed by atoms with E-state index in [0.717, 1.165) is 27.9 Å². The molecule has 1 aliphatic rings. The smallest absolute Gasteiger partial charge is 0.251 e. The fraction of sp³-hybridized carbons (Fsp3) is 0.381. The van der Waals surface area contributed by atoms with Crippen molar-refractivity contribution in [2.45, 2.75) is 25.4 Å². The van der Waals surface area contributed by atoms with Crippen LogP contribution in [0.3, 0.4) is 0 Å². The van der Waals surface area contributed by atoms with E-state index >= 15 is 0 Å². The molecule has 0 aliphatic carbocycles. The summed E-state index contributed by atoms with van der Waals surface area (Å²) in [6.07, 6.45) is 0.764. The van der Waals surface area contributed by atoms with Crippen molar-refractivity contribution in [1.29, 1.82) is 0 Å². The van der Waals surface area contributed by atoms with Crippen LogP contribution in [0.1, 0.15) is 11.5 Å². The van der Waals surface area contributed by atoms with Crippen molar-refractivity contribution < 1.29 is 18.0 Å². The lowest BCUT2D eigenvalue weighted by atomic mass is 9.88. The van der Waals surface area contributed by atoms with Crippen LogP contribution in [0.2, 0.25) is 0 Å². The number of nitrogens with zero attached hydrogens (tertiary/aromatic N) is 4. The average molecular weight is 402 g/mol. The summed E-state index contributed by atoms with van der Waals surface area (Å²) in [4.78, 5) is 22.2. The number of benzene rings is 1. The first kappa shape index (κ1) is 19.6. The molecule has 0 radical (unpaired) electrons. The molecule has 1 aromatic carbocycles. The van der Waals surface area contributed by atoms with Crippen molar-refractivity contribution >= 4 is 16.6 Å². The molecule has 152 valence electrons. The third kappa shape index (κ3) is 3.76. The number of aryl methyl sites for hydroxylation is 1. The molecule has 1 aliphatic heterocycles. The second kappa shape index (κ2) is 7.26. The molecule has 4 rings (SSSR count). The minimum Gasteiger partial charge on any atom is -0.331 e. The lowest BCUT2D eigenvalue weighted by molar-refractivity contribution is -0.144. The van der Waals surface area contributed by atoms with Gasteiger partial charge in [0.05, 0.1) is 24.9 Å². The molecule has 0 bridgehead atoms. The summed E-state index contributed by atoms with van der Waals surface area (Å²) in [6, 6.07) is 7.68. The van der Waals surface area contributed by atoms with Crippen LogP contribution < -0.4 is 0 Å². The van der Waals surface area contributed by atoms with E-state index in [4.69, 9.17) is 0 Å². The van der Waals surface area contributed by atoms with E-state index in [1.165, 1.54) is 4.90 Å². The normalized spacial score (nSPS) is 16.3. The minimum atomic E-state index is -2.53. The topological polar surface area (TPSA) is 51.0 Å². The molecule has 2 aromatic heterocycles. The van der Waals surface area contributed by atoms with Crippen LogP contribution in [0.15, 0.2) is 36.7 Å². The van der Waals surface area contributed by atoms with Crippen LogP contribution in [0.4, 0.5) is 13.2 Å². The molecular formula is C21H21F3N4O. The number of rotatable bonds is 6. The standard InChI is InChI=1S/C21H21F3N4O/c1-13-25-9-18(27(13)2)14-3-4-15-8-26-17(6-16(15)5-14)7-19(29)21(24)11-28(12-21)10-20(22)23/h3-6,8-9,20H,7,10-12H2,1-2H3. The zero-order valence-corrected chi connectivity index (χ0v) is 16.2. The van der Waals surface area contributed by atoms with E-state index < -0.39 is 24.4 Å². The Morgan fingerprint density at radius 2 is 1.93 bits per heavy atom. The van der Waals surface area contributed by atoms with E-state index in [0.29, 0.717) is 5.69 Å². The predicted octanol–water partition coefficient (Wildman–Crippen LogP) is 3.34. The quantitative estimate of drug-likeness (QED) is 0.635. The molecule has 0 atom stereocenters. The largest absolute Gasteiger partial charge is 0.331 e. The Labute approximate surface area is 166 Å². The maximum Gasteiger partial charge on any atom is 0.251 e. The summed E-state index contributed by atoms with van der Waals surface area (Å²) in [5.41, 5.74) is 0.340. The van der Waals surface area contributed by atoms with Gasteiger partial charge in [-0.05, 0) is 24.4 Å². The molecule has 8 heteroatoms.